The summed E-state index contributed by atoms with van der Waals surface area (Å²) >= 11 is 0. The Balaban J connectivity index is 2.30. The molecule has 5 nitrogen and oxygen atoms in total. The van der Waals surface area contributed by atoms with Gasteiger partial charge in [0.15, 0.2) is 0 Å². The van der Waals surface area contributed by atoms with E-state index < -0.39 is 0 Å². The van der Waals surface area contributed by atoms with Gasteiger partial charge in [-0.05, 0) is 46.0 Å². The van der Waals surface area contributed by atoms with Crippen molar-refractivity contribution >= 4 is 11.7 Å². The van der Waals surface area contributed by atoms with E-state index in [4.69, 9.17) is 11.1 Å². The molecule has 1 aliphatic rings. The van der Waals surface area contributed by atoms with Crippen LogP contribution in [0.5, 0.6) is 0 Å². The van der Waals surface area contributed by atoms with Crippen LogP contribution in [0.4, 0.5) is 5.82 Å². The first kappa shape index (κ1) is 13.8. The molecular formula is C14H23N5. The minimum absolute atomic E-state index is 0.0921. The van der Waals surface area contributed by atoms with Crippen LogP contribution in [0.15, 0.2) is 12.1 Å². The van der Waals surface area contributed by atoms with E-state index in [9.17, 15) is 0 Å². The van der Waals surface area contributed by atoms with Crippen LogP contribution >= 0.6 is 0 Å². The number of aromatic nitrogens is 1. The predicted octanol–water partition coefficient (Wildman–Crippen LogP) is 1.20. The maximum Gasteiger partial charge on any atom is 0.139 e. The highest BCUT2D eigenvalue weighted by Crippen LogP contribution is 2.23. The van der Waals surface area contributed by atoms with Crippen molar-refractivity contribution in [1.29, 1.82) is 5.41 Å². The van der Waals surface area contributed by atoms with Gasteiger partial charge in [-0.25, -0.2) is 4.98 Å². The molecule has 1 aromatic heterocycles. The van der Waals surface area contributed by atoms with Crippen molar-refractivity contribution in [1.82, 2.24) is 9.88 Å². The first-order valence-corrected chi connectivity index (χ1v) is 6.72. The molecule has 0 spiro atoms. The molecule has 1 unspecified atom stereocenters. The van der Waals surface area contributed by atoms with Crippen LogP contribution in [0, 0.1) is 12.3 Å². The monoisotopic (exact) mass is 261 g/mol. The zero-order valence-corrected chi connectivity index (χ0v) is 12.0. The number of pyridine rings is 1. The molecule has 3 N–H and O–H groups in total. The largest absolute Gasteiger partial charge is 0.384 e. The average molecular weight is 261 g/mol. The van der Waals surface area contributed by atoms with Gasteiger partial charge in [-0.15, -0.1) is 0 Å². The minimum Gasteiger partial charge on any atom is -0.384 e. The van der Waals surface area contributed by atoms with E-state index >= 15 is 0 Å². The Morgan fingerprint density at radius 3 is 2.84 bits per heavy atom. The van der Waals surface area contributed by atoms with Gasteiger partial charge in [0, 0.05) is 24.8 Å². The highest BCUT2D eigenvalue weighted by atomic mass is 15.2. The normalized spacial score (nSPS) is 19.8. The third kappa shape index (κ3) is 3.04. The van der Waals surface area contributed by atoms with Crippen molar-refractivity contribution in [3.63, 3.8) is 0 Å². The summed E-state index contributed by atoms with van der Waals surface area (Å²) in [5, 5.41) is 7.70. The Hall–Kier alpha value is -1.62. The molecule has 0 radical (unpaired) electrons. The molecule has 0 amide bonds. The molecule has 2 heterocycles. The molecule has 1 saturated heterocycles. The molecular weight excluding hydrogens is 238 g/mol. The van der Waals surface area contributed by atoms with E-state index in [0.717, 1.165) is 36.6 Å². The second-order valence-electron chi connectivity index (χ2n) is 5.44. The first-order valence-electron chi connectivity index (χ1n) is 6.72. The summed E-state index contributed by atoms with van der Waals surface area (Å²) in [6.45, 7) is 3.91. The van der Waals surface area contributed by atoms with E-state index in [2.05, 4.69) is 28.9 Å². The third-order valence-corrected chi connectivity index (χ3v) is 3.73. The number of nitrogens with one attached hydrogen (secondary N) is 1. The second-order valence-corrected chi connectivity index (χ2v) is 5.44. The zero-order chi connectivity index (χ0) is 14.0. The summed E-state index contributed by atoms with van der Waals surface area (Å²) in [6, 6.07) is 4.35. The minimum atomic E-state index is 0.0921. The summed E-state index contributed by atoms with van der Waals surface area (Å²) in [4.78, 5) is 9.12. The van der Waals surface area contributed by atoms with Crippen LogP contribution < -0.4 is 10.6 Å². The smallest absolute Gasteiger partial charge is 0.139 e. The van der Waals surface area contributed by atoms with E-state index in [-0.39, 0.29) is 5.84 Å². The van der Waals surface area contributed by atoms with Gasteiger partial charge in [0.1, 0.15) is 11.7 Å². The van der Waals surface area contributed by atoms with Crippen molar-refractivity contribution in [2.45, 2.75) is 25.8 Å². The van der Waals surface area contributed by atoms with E-state index in [1.54, 1.807) is 0 Å². The lowest BCUT2D eigenvalue weighted by atomic mass is 10.0. The number of aryl methyl sites for hydroxylation is 1. The van der Waals surface area contributed by atoms with E-state index in [0.29, 0.717) is 6.04 Å². The summed E-state index contributed by atoms with van der Waals surface area (Å²) in [5.41, 5.74) is 7.38. The van der Waals surface area contributed by atoms with Crippen molar-refractivity contribution in [3.8, 4) is 0 Å². The number of piperidine rings is 1. The lowest BCUT2D eigenvalue weighted by Gasteiger charge is -2.37. The SMILES string of the molecule is Cc1ccc(C(=N)N)c(N2CCCC(N(C)C)C2)n1. The molecule has 5 heteroatoms. The Morgan fingerprint density at radius 1 is 1.47 bits per heavy atom. The van der Waals surface area contributed by atoms with Gasteiger partial charge in [-0.2, -0.15) is 0 Å². The number of nitrogen functional groups attached to an aromatic ring is 1. The maximum atomic E-state index is 7.70. The number of anilines is 1. The fourth-order valence-corrected chi connectivity index (χ4v) is 2.56. The first-order chi connectivity index (χ1) is 8.99. The van der Waals surface area contributed by atoms with Gasteiger partial charge in [0.2, 0.25) is 0 Å². The Labute approximate surface area is 114 Å². The van der Waals surface area contributed by atoms with E-state index in [1.165, 1.54) is 6.42 Å². The highest BCUT2D eigenvalue weighted by Gasteiger charge is 2.24. The summed E-state index contributed by atoms with van der Waals surface area (Å²) in [5.74, 6) is 0.952. The maximum absolute atomic E-state index is 7.70. The van der Waals surface area contributed by atoms with Crippen LogP contribution in [0.3, 0.4) is 0 Å². The molecule has 0 aromatic carbocycles. The molecule has 0 bridgehead atoms. The van der Waals surface area contributed by atoms with Gasteiger partial charge in [0.25, 0.3) is 0 Å². The summed E-state index contributed by atoms with van der Waals surface area (Å²) in [6.07, 6.45) is 2.36. The predicted molar refractivity (Wildman–Crippen MR) is 78.9 cm³/mol. The number of hydrogen-bond acceptors (Lipinski definition) is 4. The fraction of sp³-hybridized carbons (Fsp3) is 0.571. The average Bonchev–Trinajstić information content (AvgIpc) is 2.38. The Morgan fingerprint density at radius 2 is 2.21 bits per heavy atom. The Kier molecular flexibility index (Phi) is 4.04. The molecule has 1 aliphatic heterocycles. The fourth-order valence-electron chi connectivity index (χ4n) is 2.56. The third-order valence-electron chi connectivity index (χ3n) is 3.73. The molecule has 0 saturated carbocycles. The number of likely N-dealkylation sites (N-methyl/N-ethyl adjacent to an activating group) is 1. The van der Waals surface area contributed by atoms with Crippen LogP contribution in [0.2, 0.25) is 0 Å². The highest BCUT2D eigenvalue weighted by molar-refractivity contribution is 5.99. The molecule has 19 heavy (non-hydrogen) atoms. The van der Waals surface area contributed by atoms with Crippen LogP contribution in [0.25, 0.3) is 0 Å². The standard InChI is InChI=1S/C14H23N5/c1-10-6-7-12(13(15)16)14(17-10)19-8-4-5-11(9-19)18(2)3/h6-7,11H,4-5,8-9H2,1-3H3,(H3,15,16). The van der Waals surface area contributed by atoms with Gasteiger partial charge < -0.3 is 15.5 Å². The number of rotatable bonds is 3. The van der Waals surface area contributed by atoms with Crippen molar-refractivity contribution in [2.24, 2.45) is 5.73 Å². The van der Waals surface area contributed by atoms with Crippen LogP contribution in [-0.4, -0.2) is 48.9 Å². The molecule has 1 fully saturated rings. The molecule has 104 valence electrons. The topological polar surface area (TPSA) is 69.2 Å². The number of hydrogen-bond donors (Lipinski definition) is 2. The number of nitrogens with two attached hydrogens (primary N) is 1. The van der Waals surface area contributed by atoms with Crippen molar-refractivity contribution < 1.29 is 0 Å². The molecule has 1 atom stereocenters. The molecule has 2 rings (SSSR count). The molecule has 1 aromatic rings. The lowest BCUT2D eigenvalue weighted by molar-refractivity contribution is 0.257. The van der Waals surface area contributed by atoms with Crippen molar-refractivity contribution in [3.05, 3.63) is 23.4 Å². The molecule has 0 aliphatic carbocycles. The van der Waals surface area contributed by atoms with Gasteiger partial charge in [0.05, 0.1) is 5.56 Å². The van der Waals surface area contributed by atoms with Gasteiger partial charge in [-0.3, -0.25) is 5.41 Å². The van der Waals surface area contributed by atoms with Crippen molar-refractivity contribution in [2.75, 3.05) is 32.1 Å². The zero-order valence-electron chi connectivity index (χ0n) is 12.0. The lowest BCUT2D eigenvalue weighted by Crippen LogP contribution is -2.46. The Bertz CT molecular complexity index is 469. The quantitative estimate of drug-likeness (QED) is 0.634. The summed E-state index contributed by atoms with van der Waals surface area (Å²) in [7, 11) is 4.23. The van der Waals surface area contributed by atoms with Gasteiger partial charge in [-0.1, -0.05) is 0 Å². The van der Waals surface area contributed by atoms with E-state index in [1.807, 2.05) is 19.1 Å². The van der Waals surface area contributed by atoms with Crippen LogP contribution in [-0.2, 0) is 0 Å². The number of amidine groups is 1. The summed E-state index contributed by atoms with van der Waals surface area (Å²) < 4.78 is 0. The van der Waals surface area contributed by atoms with Crippen LogP contribution in [0.1, 0.15) is 24.1 Å². The second kappa shape index (κ2) is 5.57. The number of nitrogens with zero attached hydrogens (tertiary/aromatic N) is 3. The van der Waals surface area contributed by atoms with Gasteiger partial charge >= 0.3 is 0 Å².